The summed E-state index contributed by atoms with van der Waals surface area (Å²) < 4.78 is 1.60. The van der Waals surface area contributed by atoms with Crippen LogP contribution in [0.3, 0.4) is 0 Å². The van der Waals surface area contributed by atoms with Gasteiger partial charge < -0.3 is 14.7 Å². The van der Waals surface area contributed by atoms with E-state index in [-0.39, 0.29) is 18.0 Å². The molecule has 2 aliphatic heterocycles. The van der Waals surface area contributed by atoms with Crippen molar-refractivity contribution in [2.24, 2.45) is 0 Å². The molecule has 0 atom stereocenters. The van der Waals surface area contributed by atoms with Crippen molar-refractivity contribution in [3.8, 4) is 0 Å². The molecule has 2 fully saturated rings. The molecular weight excluding hydrogens is 426 g/mol. The molecule has 1 aromatic heterocycles. The average Bonchev–Trinajstić information content (AvgIpc) is 2.87. The first-order chi connectivity index (χ1) is 16.5. The maximum atomic E-state index is 13.4. The van der Waals surface area contributed by atoms with Crippen molar-refractivity contribution in [1.82, 2.24) is 14.5 Å². The molecule has 0 aliphatic carbocycles. The van der Waals surface area contributed by atoms with Crippen molar-refractivity contribution in [2.45, 2.75) is 39.7 Å². The van der Waals surface area contributed by atoms with Gasteiger partial charge in [-0.05, 0) is 62.4 Å². The lowest BCUT2D eigenvalue weighted by atomic mass is 10.1. The molecule has 34 heavy (non-hydrogen) atoms. The van der Waals surface area contributed by atoms with Gasteiger partial charge in [0.25, 0.3) is 5.56 Å². The lowest BCUT2D eigenvalue weighted by Gasteiger charge is -2.37. The monoisotopic (exact) mass is 459 g/mol. The van der Waals surface area contributed by atoms with Gasteiger partial charge >= 0.3 is 0 Å². The van der Waals surface area contributed by atoms with Crippen molar-refractivity contribution < 1.29 is 4.79 Å². The van der Waals surface area contributed by atoms with Crippen LogP contribution in [0.5, 0.6) is 0 Å². The van der Waals surface area contributed by atoms with Gasteiger partial charge in [-0.25, -0.2) is 4.98 Å². The molecule has 3 heterocycles. The quantitative estimate of drug-likeness (QED) is 0.599. The average molecular weight is 460 g/mol. The van der Waals surface area contributed by atoms with Crippen LogP contribution in [0.4, 0.5) is 11.6 Å². The third-order valence-corrected chi connectivity index (χ3v) is 7.11. The normalized spacial score (nSPS) is 16.8. The molecule has 5 rings (SSSR count). The zero-order valence-corrected chi connectivity index (χ0v) is 20.2. The number of benzene rings is 2. The number of hydrogen-bond donors (Lipinski definition) is 0. The van der Waals surface area contributed by atoms with Crippen molar-refractivity contribution in [2.75, 3.05) is 49.1 Å². The van der Waals surface area contributed by atoms with E-state index in [1.807, 2.05) is 23.1 Å². The van der Waals surface area contributed by atoms with Crippen molar-refractivity contribution in [1.29, 1.82) is 0 Å². The summed E-state index contributed by atoms with van der Waals surface area (Å²) in [6.07, 6.45) is 3.35. The number of aromatic nitrogens is 2. The highest BCUT2D eigenvalue weighted by Gasteiger charge is 2.25. The highest BCUT2D eigenvalue weighted by atomic mass is 16.2. The fourth-order valence-corrected chi connectivity index (χ4v) is 5.13. The zero-order chi connectivity index (χ0) is 23.7. The lowest BCUT2D eigenvalue weighted by molar-refractivity contribution is -0.132. The molecule has 0 bridgehead atoms. The van der Waals surface area contributed by atoms with Crippen molar-refractivity contribution >= 4 is 28.4 Å². The number of carbonyl (C=O) groups excluding carboxylic acids is 1. The Morgan fingerprint density at radius 1 is 0.882 bits per heavy atom. The Labute approximate surface area is 200 Å². The third-order valence-electron chi connectivity index (χ3n) is 7.11. The molecular formula is C27H33N5O2. The minimum atomic E-state index is -0.131. The Morgan fingerprint density at radius 3 is 2.38 bits per heavy atom. The topological polar surface area (TPSA) is 61.7 Å². The standard InChI is InChI=1S/C27H33N5O2/c1-20-10-11-21(2)24(18-20)29-14-16-30(17-15-29)25(33)19-32-26(34)22-8-4-5-9-23(22)28-27(32)31-12-6-3-7-13-31/h4-5,8-11,18H,3,6-7,12-17,19H2,1-2H3. The number of hydrogen-bond acceptors (Lipinski definition) is 5. The van der Waals surface area contributed by atoms with Gasteiger partial charge in [0.15, 0.2) is 0 Å². The molecule has 3 aromatic rings. The summed E-state index contributed by atoms with van der Waals surface area (Å²) in [5, 5.41) is 0.566. The number of piperazine rings is 1. The molecule has 7 nitrogen and oxygen atoms in total. The van der Waals surface area contributed by atoms with Crippen LogP contribution in [-0.2, 0) is 11.3 Å². The van der Waals surface area contributed by atoms with Crippen LogP contribution in [0, 0.1) is 13.8 Å². The van der Waals surface area contributed by atoms with E-state index in [4.69, 9.17) is 4.98 Å². The molecule has 2 aromatic carbocycles. The number of para-hydroxylation sites is 1. The molecule has 7 heteroatoms. The summed E-state index contributed by atoms with van der Waals surface area (Å²) in [5.41, 5.74) is 4.31. The summed E-state index contributed by atoms with van der Waals surface area (Å²) in [7, 11) is 0. The number of aryl methyl sites for hydroxylation is 2. The first kappa shape index (κ1) is 22.4. The first-order valence-corrected chi connectivity index (χ1v) is 12.4. The molecule has 0 radical (unpaired) electrons. The summed E-state index contributed by atoms with van der Waals surface area (Å²) in [4.78, 5) is 38.0. The van der Waals surface area contributed by atoms with Crippen LogP contribution in [0.25, 0.3) is 10.9 Å². The lowest BCUT2D eigenvalue weighted by Crippen LogP contribution is -2.50. The summed E-state index contributed by atoms with van der Waals surface area (Å²) in [6.45, 7) is 8.90. The van der Waals surface area contributed by atoms with E-state index in [1.54, 1.807) is 10.6 Å². The van der Waals surface area contributed by atoms with Gasteiger partial charge in [-0.2, -0.15) is 0 Å². The van der Waals surface area contributed by atoms with Crippen LogP contribution < -0.4 is 15.4 Å². The fourth-order valence-electron chi connectivity index (χ4n) is 5.13. The number of carbonyl (C=O) groups is 1. The van der Waals surface area contributed by atoms with E-state index in [0.717, 1.165) is 39.0 Å². The summed E-state index contributed by atoms with van der Waals surface area (Å²) in [5.74, 6) is 0.615. The van der Waals surface area contributed by atoms with E-state index in [2.05, 4.69) is 41.8 Å². The van der Waals surface area contributed by atoms with Gasteiger partial charge in [0.05, 0.1) is 10.9 Å². The second-order valence-corrected chi connectivity index (χ2v) is 9.53. The summed E-state index contributed by atoms with van der Waals surface area (Å²) in [6, 6.07) is 13.9. The Hall–Kier alpha value is -3.35. The molecule has 0 unspecified atom stereocenters. The van der Waals surface area contributed by atoms with Crippen LogP contribution in [0.2, 0.25) is 0 Å². The van der Waals surface area contributed by atoms with Gasteiger partial charge in [0.2, 0.25) is 11.9 Å². The highest BCUT2D eigenvalue weighted by molar-refractivity contribution is 5.81. The van der Waals surface area contributed by atoms with Gasteiger partial charge in [-0.1, -0.05) is 24.3 Å². The van der Waals surface area contributed by atoms with Crippen molar-refractivity contribution in [3.63, 3.8) is 0 Å². The second kappa shape index (κ2) is 9.49. The zero-order valence-electron chi connectivity index (χ0n) is 20.2. The maximum Gasteiger partial charge on any atom is 0.263 e. The Kier molecular flexibility index (Phi) is 6.26. The Morgan fingerprint density at radius 2 is 1.62 bits per heavy atom. The molecule has 0 spiro atoms. The number of fused-ring (bicyclic) bond motifs is 1. The number of rotatable bonds is 4. The van der Waals surface area contributed by atoms with Crippen LogP contribution >= 0.6 is 0 Å². The van der Waals surface area contributed by atoms with Gasteiger partial charge in [-0.15, -0.1) is 0 Å². The van der Waals surface area contributed by atoms with Gasteiger partial charge in [0.1, 0.15) is 6.54 Å². The minimum absolute atomic E-state index is 0.0157. The van der Waals surface area contributed by atoms with E-state index in [0.29, 0.717) is 29.9 Å². The maximum absolute atomic E-state index is 13.4. The number of anilines is 2. The van der Waals surface area contributed by atoms with E-state index >= 15 is 0 Å². The van der Waals surface area contributed by atoms with E-state index in [9.17, 15) is 9.59 Å². The smallest absolute Gasteiger partial charge is 0.263 e. The fraction of sp³-hybridized carbons (Fsp3) is 0.444. The minimum Gasteiger partial charge on any atom is -0.368 e. The number of nitrogens with zero attached hydrogens (tertiary/aromatic N) is 5. The molecule has 0 N–H and O–H groups in total. The van der Waals surface area contributed by atoms with Crippen LogP contribution in [-0.4, -0.2) is 59.6 Å². The predicted octanol–water partition coefficient (Wildman–Crippen LogP) is 3.35. The SMILES string of the molecule is Cc1ccc(C)c(N2CCN(C(=O)Cn3c(N4CCCCC4)nc4ccccc4c3=O)CC2)c1. The summed E-state index contributed by atoms with van der Waals surface area (Å²) >= 11 is 0. The second-order valence-electron chi connectivity index (χ2n) is 9.53. The number of amides is 1. The Balaban J connectivity index is 1.37. The van der Waals surface area contributed by atoms with Crippen molar-refractivity contribution in [3.05, 3.63) is 63.9 Å². The Bertz CT molecular complexity index is 1250. The van der Waals surface area contributed by atoms with Crippen LogP contribution in [0.1, 0.15) is 30.4 Å². The van der Waals surface area contributed by atoms with Crippen LogP contribution in [0.15, 0.2) is 47.3 Å². The number of piperidine rings is 1. The third kappa shape index (κ3) is 4.39. The highest BCUT2D eigenvalue weighted by Crippen LogP contribution is 2.23. The van der Waals surface area contributed by atoms with Gasteiger partial charge in [-0.3, -0.25) is 14.2 Å². The van der Waals surface area contributed by atoms with E-state index < -0.39 is 0 Å². The van der Waals surface area contributed by atoms with E-state index in [1.165, 1.54) is 23.2 Å². The van der Waals surface area contributed by atoms with Gasteiger partial charge in [0, 0.05) is 45.0 Å². The largest absolute Gasteiger partial charge is 0.368 e. The molecule has 2 saturated heterocycles. The molecule has 178 valence electrons. The predicted molar refractivity (Wildman–Crippen MR) is 137 cm³/mol. The first-order valence-electron chi connectivity index (χ1n) is 12.4. The molecule has 0 saturated carbocycles. The molecule has 1 amide bonds. The molecule has 2 aliphatic rings.